The summed E-state index contributed by atoms with van der Waals surface area (Å²) in [7, 11) is 0. The van der Waals surface area contributed by atoms with Crippen LogP contribution in [-0.2, 0) is 0 Å². The minimum atomic E-state index is 0.666. The number of allylic oxidation sites excluding steroid dienone is 2. The largest absolute Gasteiger partial charge is 0.0844 e. The van der Waals surface area contributed by atoms with Gasteiger partial charge in [0.05, 0.1) is 0 Å². The molecule has 2 atom stereocenters. The molecule has 0 rings (SSSR count). The molecular formula is C9H17I. The average molecular weight is 252 g/mol. The molecular weight excluding hydrogens is 235 g/mol. The topological polar surface area (TPSA) is 0 Å². The molecule has 0 aliphatic carbocycles. The third-order valence-electron chi connectivity index (χ3n) is 1.73. The van der Waals surface area contributed by atoms with E-state index in [1.165, 1.54) is 0 Å². The van der Waals surface area contributed by atoms with Crippen molar-refractivity contribution in [2.75, 3.05) is 0 Å². The normalized spacial score (nSPS) is 18.2. The van der Waals surface area contributed by atoms with E-state index < -0.39 is 0 Å². The van der Waals surface area contributed by atoms with Crippen molar-refractivity contribution in [3.05, 3.63) is 12.2 Å². The highest BCUT2D eigenvalue weighted by Crippen LogP contribution is 2.12. The van der Waals surface area contributed by atoms with Crippen LogP contribution >= 0.6 is 22.6 Å². The predicted molar refractivity (Wildman–Crippen MR) is 56.6 cm³/mol. The van der Waals surface area contributed by atoms with Gasteiger partial charge in [-0.1, -0.05) is 55.5 Å². The molecule has 0 nitrogen and oxygen atoms in total. The van der Waals surface area contributed by atoms with Gasteiger partial charge in [0.2, 0.25) is 0 Å². The quantitative estimate of drug-likeness (QED) is 0.408. The van der Waals surface area contributed by atoms with E-state index in [1.807, 2.05) is 0 Å². The maximum atomic E-state index is 2.41. The summed E-state index contributed by atoms with van der Waals surface area (Å²) in [6.07, 6.45) is 4.58. The second-order valence-electron chi connectivity index (χ2n) is 3.17. The first-order valence-corrected chi connectivity index (χ1v) is 5.11. The molecule has 60 valence electrons. The lowest BCUT2D eigenvalue weighted by atomic mass is 9.98. The van der Waals surface area contributed by atoms with Crippen LogP contribution in [0.5, 0.6) is 0 Å². The molecule has 0 aromatic carbocycles. The Balaban J connectivity index is 3.66. The van der Waals surface area contributed by atoms with E-state index in [1.54, 1.807) is 0 Å². The zero-order chi connectivity index (χ0) is 8.15. The fraction of sp³-hybridized carbons (Fsp3) is 0.778. The molecule has 0 aromatic rings. The van der Waals surface area contributed by atoms with Crippen LogP contribution in [-0.4, -0.2) is 3.92 Å². The second-order valence-corrected chi connectivity index (χ2v) is 5.13. The van der Waals surface area contributed by atoms with Crippen LogP contribution in [0.3, 0.4) is 0 Å². The van der Waals surface area contributed by atoms with E-state index >= 15 is 0 Å². The zero-order valence-corrected chi connectivity index (χ0v) is 9.42. The van der Waals surface area contributed by atoms with Crippen LogP contribution in [0.2, 0.25) is 0 Å². The van der Waals surface area contributed by atoms with Crippen molar-refractivity contribution in [3.8, 4) is 0 Å². The number of hydrogen-bond acceptors (Lipinski definition) is 0. The molecule has 1 heteroatoms. The Morgan fingerprint density at radius 2 is 1.50 bits per heavy atom. The van der Waals surface area contributed by atoms with Crippen molar-refractivity contribution in [2.45, 2.75) is 31.6 Å². The van der Waals surface area contributed by atoms with Gasteiger partial charge in [-0.25, -0.2) is 0 Å². The Kier molecular flexibility index (Phi) is 5.41. The lowest BCUT2D eigenvalue weighted by Crippen LogP contribution is -1.99. The molecule has 0 aromatic heterocycles. The highest BCUT2D eigenvalue weighted by Gasteiger charge is 2.01. The van der Waals surface area contributed by atoms with Crippen LogP contribution in [0.1, 0.15) is 27.7 Å². The maximum Gasteiger partial charge on any atom is 0.0261 e. The SMILES string of the molecule is CC(I)/C=C/C(C)C(C)C. The summed E-state index contributed by atoms with van der Waals surface area (Å²) in [5.41, 5.74) is 0. The Morgan fingerprint density at radius 1 is 1.00 bits per heavy atom. The van der Waals surface area contributed by atoms with Gasteiger partial charge >= 0.3 is 0 Å². The molecule has 0 amide bonds. The molecule has 0 spiro atoms. The van der Waals surface area contributed by atoms with Crippen molar-refractivity contribution in [1.29, 1.82) is 0 Å². The first-order chi connectivity index (χ1) is 4.54. The smallest absolute Gasteiger partial charge is 0.0261 e. The van der Waals surface area contributed by atoms with Crippen LogP contribution in [0.4, 0.5) is 0 Å². The van der Waals surface area contributed by atoms with Crippen molar-refractivity contribution in [2.24, 2.45) is 11.8 Å². The van der Waals surface area contributed by atoms with Gasteiger partial charge < -0.3 is 0 Å². The Labute approximate surface area is 78.2 Å². The number of alkyl halides is 1. The molecule has 0 saturated heterocycles. The van der Waals surface area contributed by atoms with Gasteiger partial charge in [-0.3, -0.25) is 0 Å². The Bertz CT molecular complexity index is 103. The Hall–Kier alpha value is 0.470. The molecule has 0 fully saturated rings. The van der Waals surface area contributed by atoms with Crippen LogP contribution in [0, 0.1) is 11.8 Å². The highest BCUT2D eigenvalue weighted by atomic mass is 127. The molecule has 0 bridgehead atoms. The van der Waals surface area contributed by atoms with E-state index in [2.05, 4.69) is 62.4 Å². The summed E-state index contributed by atoms with van der Waals surface area (Å²) >= 11 is 2.41. The average Bonchev–Trinajstić information content (AvgIpc) is 1.82. The van der Waals surface area contributed by atoms with E-state index in [0.717, 1.165) is 11.8 Å². The van der Waals surface area contributed by atoms with Crippen molar-refractivity contribution < 1.29 is 0 Å². The molecule has 0 saturated carbocycles. The third kappa shape index (κ3) is 5.27. The number of hydrogen-bond donors (Lipinski definition) is 0. The van der Waals surface area contributed by atoms with Gasteiger partial charge in [-0.05, 0) is 18.8 Å². The van der Waals surface area contributed by atoms with Crippen molar-refractivity contribution >= 4 is 22.6 Å². The molecule has 0 N–H and O–H groups in total. The molecule has 10 heavy (non-hydrogen) atoms. The maximum absolute atomic E-state index is 2.41. The highest BCUT2D eigenvalue weighted by molar-refractivity contribution is 14.1. The van der Waals surface area contributed by atoms with Gasteiger partial charge in [0.15, 0.2) is 0 Å². The van der Waals surface area contributed by atoms with Crippen molar-refractivity contribution in [1.82, 2.24) is 0 Å². The van der Waals surface area contributed by atoms with E-state index in [4.69, 9.17) is 0 Å². The molecule has 2 unspecified atom stereocenters. The molecule has 0 radical (unpaired) electrons. The minimum absolute atomic E-state index is 0.666. The summed E-state index contributed by atoms with van der Waals surface area (Å²) in [5, 5.41) is 0. The fourth-order valence-corrected chi connectivity index (χ4v) is 0.790. The molecule has 0 aliphatic heterocycles. The number of halogens is 1. The fourth-order valence-electron chi connectivity index (χ4n) is 0.551. The summed E-state index contributed by atoms with van der Waals surface area (Å²) < 4.78 is 0.666. The third-order valence-corrected chi connectivity index (χ3v) is 2.15. The molecule has 0 heterocycles. The minimum Gasteiger partial charge on any atom is -0.0844 e. The lowest BCUT2D eigenvalue weighted by Gasteiger charge is -2.09. The lowest BCUT2D eigenvalue weighted by molar-refractivity contribution is 0.503. The van der Waals surface area contributed by atoms with E-state index in [0.29, 0.717) is 3.92 Å². The first kappa shape index (κ1) is 10.5. The zero-order valence-electron chi connectivity index (χ0n) is 7.26. The van der Waals surface area contributed by atoms with Gasteiger partial charge in [0.1, 0.15) is 0 Å². The molecule has 0 aliphatic rings. The van der Waals surface area contributed by atoms with E-state index in [-0.39, 0.29) is 0 Å². The summed E-state index contributed by atoms with van der Waals surface area (Å²) in [5.74, 6) is 1.49. The van der Waals surface area contributed by atoms with Gasteiger partial charge in [0.25, 0.3) is 0 Å². The number of rotatable bonds is 3. The second kappa shape index (κ2) is 5.16. The first-order valence-electron chi connectivity index (χ1n) is 3.86. The van der Waals surface area contributed by atoms with Gasteiger partial charge in [-0.2, -0.15) is 0 Å². The Morgan fingerprint density at radius 3 is 1.80 bits per heavy atom. The van der Waals surface area contributed by atoms with Gasteiger partial charge in [0, 0.05) is 3.92 Å². The van der Waals surface area contributed by atoms with Crippen LogP contribution in [0.25, 0.3) is 0 Å². The summed E-state index contributed by atoms with van der Waals surface area (Å²) in [6, 6.07) is 0. The van der Waals surface area contributed by atoms with Crippen LogP contribution in [0.15, 0.2) is 12.2 Å². The van der Waals surface area contributed by atoms with Crippen LogP contribution < -0.4 is 0 Å². The van der Waals surface area contributed by atoms with E-state index in [9.17, 15) is 0 Å². The van der Waals surface area contributed by atoms with Crippen molar-refractivity contribution in [3.63, 3.8) is 0 Å². The summed E-state index contributed by atoms with van der Waals surface area (Å²) in [6.45, 7) is 8.98. The monoisotopic (exact) mass is 252 g/mol. The summed E-state index contributed by atoms with van der Waals surface area (Å²) in [4.78, 5) is 0. The standard InChI is InChI=1S/C9H17I/c1-7(2)8(3)5-6-9(4)10/h5-9H,1-4H3/b6-5+. The van der Waals surface area contributed by atoms with Gasteiger partial charge in [-0.15, -0.1) is 0 Å². The predicted octanol–water partition coefficient (Wildman–Crippen LogP) is 3.66.